The first-order valence-electron chi connectivity index (χ1n) is 8.74. The Morgan fingerprint density at radius 3 is 2.12 bits per heavy atom. The molecular formula is C22H21NO2S. The molecule has 2 heterocycles. The molecule has 0 unspecified atom stereocenters. The van der Waals surface area contributed by atoms with Crippen LogP contribution in [0.1, 0.15) is 18.1 Å². The van der Waals surface area contributed by atoms with Gasteiger partial charge in [0.25, 0.3) is 0 Å². The number of allylic oxidation sites excluding steroid dienone is 1. The molecule has 0 aromatic heterocycles. The van der Waals surface area contributed by atoms with Crippen molar-refractivity contribution < 1.29 is 8.42 Å². The second-order valence-corrected chi connectivity index (χ2v) is 8.52. The Hall–Kier alpha value is -2.43. The van der Waals surface area contributed by atoms with Crippen LogP contribution in [0.25, 0.3) is 6.08 Å². The zero-order valence-electron chi connectivity index (χ0n) is 14.8. The second-order valence-electron chi connectivity index (χ2n) is 6.68. The highest BCUT2D eigenvalue weighted by Crippen LogP contribution is 2.44. The molecule has 0 saturated carbocycles. The fourth-order valence-corrected chi connectivity index (χ4v) is 5.43. The highest BCUT2D eigenvalue weighted by Gasteiger charge is 2.48. The van der Waals surface area contributed by atoms with Crippen LogP contribution in [-0.4, -0.2) is 24.8 Å². The summed E-state index contributed by atoms with van der Waals surface area (Å²) < 4.78 is 28.2. The largest absolute Gasteiger partial charge is 0.244 e. The standard InChI is InChI=1S/C22H21NO2S/c1-3-19-20(15-17-7-5-4-6-8-17)22-14-13-21(19)23(22)26(24,25)18-11-9-16(2)10-12-18/h3-15,21-22H,1-2H3/b19-3+,20-15-/t21-,22+/m0/s1. The molecule has 1 saturated heterocycles. The number of hydrogen-bond acceptors (Lipinski definition) is 2. The first-order chi connectivity index (χ1) is 12.5. The lowest BCUT2D eigenvalue weighted by atomic mass is 9.93. The van der Waals surface area contributed by atoms with Gasteiger partial charge in [0.05, 0.1) is 17.0 Å². The SMILES string of the molecule is C/C=C1\C(=C\c2ccccc2)[C@H]2C=C[C@@H]1N2S(=O)(=O)c1ccc(C)cc1. The van der Waals surface area contributed by atoms with E-state index < -0.39 is 10.0 Å². The zero-order valence-corrected chi connectivity index (χ0v) is 15.6. The van der Waals surface area contributed by atoms with Crippen molar-refractivity contribution >= 4 is 16.1 Å². The molecule has 2 aliphatic rings. The fraction of sp³-hybridized carbons (Fsp3) is 0.182. The minimum atomic E-state index is -3.57. The van der Waals surface area contributed by atoms with Gasteiger partial charge in [-0.2, -0.15) is 4.31 Å². The molecule has 2 atom stereocenters. The third-order valence-corrected chi connectivity index (χ3v) is 6.90. The molecule has 2 aromatic carbocycles. The van der Waals surface area contributed by atoms with Gasteiger partial charge in [-0.25, -0.2) is 8.42 Å². The maximum absolute atomic E-state index is 13.3. The number of sulfonamides is 1. The first-order valence-corrected chi connectivity index (χ1v) is 10.2. The molecular weight excluding hydrogens is 342 g/mol. The average molecular weight is 363 g/mol. The van der Waals surface area contributed by atoms with Crippen LogP contribution in [0.5, 0.6) is 0 Å². The molecule has 2 aromatic rings. The number of aryl methyl sites for hydroxylation is 1. The van der Waals surface area contributed by atoms with E-state index in [1.165, 1.54) is 0 Å². The lowest BCUT2D eigenvalue weighted by Gasteiger charge is -2.21. The van der Waals surface area contributed by atoms with Crippen molar-refractivity contribution in [3.05, 3.63) is 95.1 Å². The number of fused-ring (bicyclic) bond motifs is 2. The maximum Gasteiger partial charge on any atom is 0.244 e. The molecule has 0 spiro atoms. The van der Waals surface area contributed by atoms with Gasteiger partial charge >= 0.3 is 0 Å². The molecule has 3 nitrogen and oxygen atoms in total. The van der Waals surface area contributed by atoms with Crippen LogP contribution in [0.4, 0.5) is 0 Å². The summed E-state index contributed by atoms with van der Waals surface area (Å²) in [6.07, 6.45) is 8.12. The normalized spacial score (nSPS) is 25.5. The van der Waals surface area contributed by atoms with Crippen LogP contribution in [-0.2, 0) is 10.0 Å². The minimum absolute atomic E-state index is 0.230. The summed E-state index contributed by atoms with van der Waals surface area (Å²) in [6, 6.07) is 16.6. The van der Waals surface area contributed by atoms with Crippen molar-refractivity contribution in [2.24, 2.45) is 0 Å². The number of nitrogens with zero attached hydrogens (tertiary/aromatic N) is 1. The van der Waals surface area contributed by atoms with E-state index >= 15 is 0 Å². The Labute approximate surface area is 155 Å². The molecule has 2 aliphatic heterocycles. The van der Waals surface area contributed by atoms with Crippen LogP contribution in [0.15, 0.2) is 88.9 Å². The quantitative estimate of drug-likeness (QED) is 0.761. The van der Waals surface area contributed by atoms with Crippen molar-refractivity contribution in [1.29, 1.82) is 0 Å². The van der Waals surface area contributed by atoms with Crippen molar-refractivity contribution in [3.63, 3.8) is 0 Å². The number of benzene rings is 2. The molecule has 4 rings (SSSR count). The van der Waals surface area contributed by atoms with E-state index in [0.717, 1.165) is 22.3 Å². The van der Waals surface area contributed by atoms with Crippen molar-refractivity contribution in [3.8, 4) is 0 Å². The summed E-state index contributed by atoms with van der Waals surface area (Å²) in [5.74, 6) is 0. The van der Waals surface area contributed by atoms with E-state index in [-0.39, 0.29) is 12.1 Å². The van der Waals surface area contributed by atoms with E-state index in [4.69, 9.17) is 0 Å². The van der Waals surface area contributed by atoms with E-state index in [0.29, 0.717) is 4.90 Å². The molecule has 4 heteroatoms. The fourth-order valence-electron chi connectivity index (χ4n) is 3.74. The Kier molecular flexibility index (Phi) is 4.17. The highest BCUT2D eigenvalue weighted by molar-refractivity contribution is 7.89. The van der Waals surface area contributed by atoms with E-state index in [9.17, 15) is 8.42 Å². The summed E-state index contributed by atoms with van der Waals surface area (Å²) in [6.45, 7) is 3.93. The molecule has 132 valence electrons. The first kappa shape index (κ1) is 17.0. The zero-order chi connectivity index (χ0) is 18.3. The summed E-state index contributed by atoms with van der Waals surface area (Å²) in [5.41, 5.74) is 4.25. The lowest BCUT2D eigenvalue weighted by molar-refractivity contribution is 0.431. The van der Waals surface area contributed by atoms with Crippen LogP contribution >= 0.6 is 0 Å². The summed E-state index contributed by atoms with van der Waals surface area (Å²) in [5, 5.41) is 0. The lowest BCUT2D eigenvalue weighted by Crippen LogP contribution is -2.36. The van der Waals surface area contributed by atoms with Crippen LogP contribution < -0.4 is 0 Å². The third-order valence-electron chi connectivity index (χ3n) is 5.02. The smallest absolute Gasteiger partial charge is 0.207 e. The van der Waals surface area contributed by atoms with E-state index in [1.54, 1.807) is 16.4 Å². The monoisotopic (exact) mass is 363 g/mol. The van der Waals surface area contributed by atoms with Gasteiger partial charge in [0, 0.05) is 0 Å². The maximum atomic E-state index is 13.3. The molecule has 0 N–H and O–H groups in total. The van der Waals surface area contributed by atoms with Crippen molar-refractivity contribution in [2.45, 2.75) is 30.8 Å². The predicted octanol–water partition coefficient (Wildman–Crippen LogP) is 4.34. The third kappa shape index (κ3) is 2.66. The molecule has 1 fully saturated rings. The van der Waals surface area contributed by atoms with Gasteiger partial charge in [-0.05, 0) is 48.8 Å². The Morgan fingerprint density at radius 2 is 1.50 bits per heavy atom. The minimum Gasteiger partial charge on any atom is -0.207 e. The molecule has 26 heavy (non-hydrogen) atoms. The van der Waals surface area contributed by atoms with Gasteiger partial charge in [0.1, 0.15) is 0 Å². The molecule has 2 bridgehead atoms. The van der Waals surface area contributed by atoms with Gasteiger partial charge in [-0.1, -0.05) is 66.3 Å². The van der Waals surface area contributed by atoms with Gasteiger partial charge in [-0.15, -0.1) is 0 Å². The number of rotatable bonds is 3. The van der Waals surface area contributed by atoms with E-state index in [1.807, 2.05) is 74.5 Å². The van der Waals surface area contributed by atoms with Crippen LogP contribution in [0.2, 0.25) is 0 Å². The van der Waals surface area contributed by atoms with Gasteiger partial charge in [0.2, 0.25) is 10.0 Å². The van der Waals surface area contributed by atoms with Crippen molar-refractivity contribution in [2.75, 3.05) is 0 Å². The van der Waals surface area contributed by atoms with Crippen LogP contribution in [0.3, 0.4) is 0 Å². The van der Waals surface area contributed by atoms with Gasteiger partial charge < -0.3 is 0 Å². The summed E-state index contributed by atoms with van der Waals surface area (Å²) in [7, 11) is -3.57. The molecule has 0 amide bonds. The Bertz CT molecular complexity index is 1020. The Morgan fingerprint density at radius 1 is 0.885 bits per heavy atom. The van der Waals surface area contributed by atoms with E-state index in [2.05, 4.69) is 6.08 Å². The highest BCUT2D eigenvalue weighted by atomic mass is 32.2. The molecule has 0 aliphatic carbocycles. The molecule has 0 radical (unpaired) electrons. The topological polar surface area (TPSA) is 37.4 Å². The second kappa shape index (κ2) is 6.38. The predicted molar refractivity (Wildman–Crippen MR) is 105 cm³/mol. The Balaban J connectivity index is 1.78. The average Bonchev–Trinajstić information content (AvgIpc) is 3.20. The van der Waals surface area contributed by atoms with Crippen LogP contribution in [0, 0.1) is 6.92 Å². The summed E-state index contributed by atoms with van der Waals surface area (Å²) >= 11 is 0. The van der Waals surface area contributed by atoms with Gasteiger partial charge in [0.15, 0.2) is 0 Å². The van der Waals surface area contributed by atoms with Crippen molar-refractivity contribution in [1.82, 2.24) is 4.31 Å². The number of hydrogen-bond donors (Lipinski definition) is 0. The summed E-state index contributed by atoms with van der Waals surface area (Å²) in [4.78, 5) is 0.346. The van der Waals surface area contributed by atoms with Gasteiger partial charge in [-0.3, -0.25) is 0 Å².